The van der Waals surface area contributed by atoms with Gasteiger partial charge in [0, 0.05) is 141 Å². The summed E-state index contributed by atoms with van der Waals surface area (Å²) in [6.45, 7) is 46.4. The number of benzene rings is 9. The van der Waals surface area contributed by atoms with Crippen LogP contribution in [-0.4, -0.2) is 57.6 Å². The topological polar surface area (TPSA) is 176 Å². The molecule has 5 heterocycles. The molecule has 9 aromatic carbocycles. The Hall–Kier alpha value is -10.5. The molecule has 14 aromatic rings. The molecule has 5 aromatic heterocycles. The Morgan fingerprint density at radius 1 is 0.379 bits per heavy atom. The molecule has 0 aliphatic carbocycles. The van der Waals surface area contributed by atoms with Gasteiger partial charge in [0.2, 0.25) is 0 Å². The van der Waals surface area contributed by atoms with Crippen molar-refractivity contribution in [2.24, 2.45) is 23.7 Å². The van der Waals surface area contributed by atoms with E-state index in [2.05, 4.69) is 313 Å². The van der Waals surface area contributed by atoms with E-state index in [1.807, 2.05) is 113 Å². The van der Waals surface area contributed by atoms with E-state index in [1.165, 1.54) is 129 Å². The molecule has 700 valence electrons. The van der Waals surface area contributed by atoms with Crippen LogP contribution in [0.5, 0.6) is 0 Å². The maximum Gasteiger partial charge on any atom is 0.159 e. The first kappa shape index (κ1) is 116. The van der Waals surface area contributed by atoms with Crippen LogP contribution in [0.15, 0.2) is 285 Å². The van der Waals surface area contributed by atoms with Crippen molar-refractivity contribution in [3.05, 3.63) is 376 Å². The van der Waals surface area contributed by atoms with Crippen molar-refractivity contribution in [1.29, 1.82) is 0 Å². The molecule has 0 aliphatic rings. The number of pyridine rings is 5. The maximum atomic E-state index is 11.2. The Balaban J connectivity index is 0.000000397. The largest absolute Gasteiger partial charge is 0.512 e. The van der Waals surface area contributed by atoms with Crippen molar-refractivity contribution in [3.63, 3.8) is 0 Å². The summed E-state index contributed by atoms with van der Waals surface area (Å²) in [5, 5.41) is 28.6. The third kappa shape index (κ3) is 41.3. The Morgan fingerprint density at radius 3 is 1.33 bits per heavy atom. The number of allylic oxidation sites excluding steroid dienone is 6. The number of carbonyl (C=O) groups excluding carboxylic acids is 3. The molecule has 3 N–H and O–H groups in total. The average Bonchev–Trinajstić information content (AvgIpc) is 0.787. The molecule has 0 spiro atoms. The smallest absolute Gasteiger partial charge is 0.159 e. The SMILES string of the molecule is CC(=O)C=C(C)O.CC(=O)C=C(C)O.CC(C)(C)c1ccnc(-c2[c-]ccc(-c3ccccc3)c2)c1.CC(C)CC(=O)C=C(O)CC(C)C.CCc1ccc(-c2[c-]cccc2)nc1.Cc1[c-]c(-c2cc(CC(C)C)c3cc(C)ccc3n2)cc(C)c1.Cc1[c-]c(-c2cc(CC(C)C)c3ccccc3n2)cc(C)c1.Cc1cc(C)cc(-c2ccnc(-c3[c-]cccc3)c2)c1.[Ir].[Ir].[Ir].[Ir]. The summed E-state index contributed by atoms with van der Waals surface area (Å²) in [4.78, 5) is 54.4. The van der Waals surface area contributed by atoms with E-state index in [9.17, 15) is 19.5 Å². The first-order valence-corrected chi connectivity index (χ1v) is 44.2. The molecular weight excluding hydrogens is 2340 g/mol. The van der Waals surface area contributed by atoms with Crippen LogP contribution in [-0.2, 0) is 119 Å². The van der Waals surface area contributed by atoms with E-state index < -0.39 is 0 Å². The van der Waals surface area contributed by atoms with Gasteiger partial charge in [-0.2, -0.15) is 0 Å². The Kier molecular flexibility index (Phi) is 51.2. The first-order valence-electron chi connectivity index (χ1n) is 44.2. The van der Waals surface area contributed by atoms with Gasteiger partial charge >= 0.3 is 0 Å². The molecule has 0 bridgehead atoms. The summed E-state index contributed by atoms with van der Waals surface area (Å²) >= 11 is 0. The van der Waals surface area contributed by atoms with Crippen LogP contribution in [0.1, 0.15) is 185 Å². The van der Waals surface area contributed by atoms with Crippen molar-refractivity contribution >= 4 is 39.2 Å². The monoisotopic (exact) mass is 2470 g/mol. The fourth-order valence-electron chi connectivity index (χ4n) is 14.2. The zero-order valence-corrected chi connectivity index (χ0v) is 90.5. The summed E-state index contributed by atoms with van der Waals surface area (Å²) in [7, 11) is 0. The molecule has 15 heteroatoms. The predicted octanol–water partition coefficient (Wildman–Crippen LogP) is 30.0. The van der Waals surface area contributed by atoms with Gasteiger partial charge in [0.15, 0.2) is 17.3 Å². The molecule has 0 amide bonds. The Bertz CT molecular complexity index is 5940. The summed E-state index contributed by atoms with van der Waals surface area (Å²) < 4.78 is 0. The number of hydrogen-bond acceptors (Lipinski definition) is 11. The number of hydrogen-bond donors (Lipinski definition) is 3. The number of aliphatic hydroxyl groups is 3. The fourth-order valence-corrected chi connectivity index (χ4v) is 14.2. The van der Waals surface area contributed by atoms with Crippen molar-refractivity contribution < 1.29 is 110 Å². The van der Waals surface area contributed by atoms with Gasteiger partial charge in [0.25, 0.3) is 0 Å². The number of rotatable bonds is 19. The van der Waals surface area contributed by atoms with Crippen LogP contribution >= 0.6 is 0 Å². The van der Waals surface area contributed by atoms with Gasteiger partial charge in [-0.05, 0) is 195 Å². The van der Waals surface area contributed by atoms with Crippen molar-refractivity contribution in [3.8, 4) is 78.5 Å². The van der Waals surface area contributed by atoms with Crippen LogP contribution in [0.25, 0.3) is 100 Å². The van der Waals surface area contributed by atoms with Gasteiger partial charge in [0.05, 0.1) is 28.3 Å². The zero-order chi connectivity index (χ0) is 93.7. The summed E-state index contributed by atoms with van der Waals surface area (Å²) in [5.74, 6) is 2.10. The molecule has 0 saturated carbocycles. The fraction of sp³-hybridized carbons (Fsp3) is 0.282. The minimum atomic E-state index is -0.125. The standard InChI is InChI=1S/C22H24N.C21H22N.C21H20N.C19H16N.C13H12N.C11H20O2.2C5H8O2.4Ir/c1-14(2)8-18-13-22(19-10-16(4)9-17(5)11-19)23-21-7-6-15(3)12-20(18)21;1-14(2)9-17-13-21(18-11-15(3)10-16(4)12-18)22-20-8-6-5-7-19(17)20;1-21(2,3)19-12-13-22-20(15-19)18-11-7-10-17(14-18)16-8-5-4-6-9-16;1-14-10-15(2)12-18(11-14)17-8-9-20-19(13-17)16-6-4-3-5-7-16;1-2-11-8-9-13(14-10-11)12-6-4-3-5-7-12;1-8(2)5-10(12)7-11(13)6-9(3)4;2*1-4(6)3-5(2)7;;;;/h6-7,9-10,12-14H,8H2,1-5H3;5-8,10-11,13-14H,9H2,1-4H3;4-10,12-15H,1-3H3;3-6,8-13H,1-2H3;3-6,8-10H,2H2,1H3;7-9,12H,5-6H2,1-4H3;2*3,6H,1-2H3;;;;/q5*-1;;;;;;;. The van der Waals surface area contributed by atoms with E-state index in [0.29, 0.717) is 36.5 Å². The Morgan fingerprint density at radius 2 is 0.856 bits per heavy atom. The zero-order valence-electron chi connectivity index (χ0n) is 80.9. The molecule has 0 saturated heterocycles. The van der Waals surface area contributed by atoms with Crippen molar-refractivity contribution in [1.82, 2.24) is 24.9 Å². The van der Waals surface area contributed by atoms with Crippen molar-refractivity contribution in [2.75, 3.05) is 0 Å². The first-order chi connectivity index (χ1) is 60.8. The molecule has 0 unspecified atom stereocenters. The van der Waals surface area contributed by atoms with E-state index in [1.54, 1.807) is 0 Å². The number of fused-ring (bicyclic) bond motifs is 2. The van der Waals surface area contributed by atoms with Crippen LogP contribution in [0.2, 0.25) is 0 Å². The summed E-state index contributed by atoms with van der Waals surface area (Å²) in [6, 6.07) is 96.4. The molecular formula is C117H130Ir4N5O6-5. The number of aliphatic hydroxyl groups excluding tert-OH is 3. The molecule has 0 atom stereocenters. The van der Waals surface area contributed by atoms with Gasteiger partial charge in [-0.3, -0.25) is 24.4 Å². The molecule has 11 nitrogen and oxygen atoms in total. The van der Waals surface area contributed by atoms with Crippen LogP contribution in [0.4, 0.5) is 0 Å². The van der Waals surface area contributed by atoms with Crippen molar-refractivity contribution in [2.45, 2.75) is 197 Å². The van der Waals surface area contributed by atoms with E-state index in [-0.39, 0.29) is 120 Å². The van der Waals surface area contributed by atoms with Gasteiger partial charge in [-0.25, -0.2) is 0 Å². The summed E-state index contributed by atoms with van der Waals surface area (Å²) in [6.07, 6.45) is 13.6. The third-order valence-electron chi connectivity index (χ3n) is 19.7. The molecule has 14 rings (SSSR count). The number of nitrogens with zero attached hydrogens (tertiary/aromatic N) is 5. The van der Waals surface area contributed by atoms with Crippen LogP contribution < -0.4 is 0 Å². The van der Waals surface area contributed by atoms with E-state index >= 15 is 0 Å². The number of para-hydroxylation sites is 1. The minimum Gasteiger partial charge on any atom is -0.512 e. The molecule has 0 aliphatic heterocycles. The van der Waals surface area contributed by atoms with Gasteiger partial charge in [0.1, 0.15) is 0 Å². The van der Waals surface area contributed by atoms with Crippen LogP contribution in [0.3, 0.4) is 0 Å². The molecule has 132 heavy (non-hydrogen) atoms. The van der Waals surface area contributed by atoms with E-state index in [0.717, 1.165) is 97.7 Å². The second kappa shape index (κ2) is 58.5. The van der Waals surface area contributed by atoms with Gasteiger partial charge < -0.3 is 30.3 Å². The maximum absolute atomic E-state index is 11.2. The van der Waals surface area contributed by atoms with E-state index in [4.69, 9.17) is 20.2 Å². The molecule has 4 radical (unpaired) electrons. The third-order valence-corrected chi connectivity index (χ3v) is 19.7. The minimum absolute atomic E-state index is 0. The average molecular weight is 2470 g/mol. The number of aromatic nitrogens is 5. The second-order valence-corrected chi connectivity index (χ2v) is 35.5. The quantitative estimate of drug-likeness (QED) is 0.0399. The second-order valence-electron chi connectivity index (χ2n) is 35.5. The van der Waals surface area contributed by atoms with Crippen LogP contribution in [0, 0.1) is 102 Å². The van der Waals surface area contributed by atoms with Gasteiger partial charge in [-0.15, -0.1) is 177 Å². The number of ketones is 3. The van der Waals surface area contributed by atoms with Gasteiger partial charge in [-0.1, -0.05) is 237 Å². The molecule has 0 fully saturated rings. The number of carbonyl (C=O) groups is 3. The summed E-state index contributed by atoms with van der Waals surface area (Å²) in [5.41, 5.74) is 31.4. The Labute approximate surface area is 842 Å². The normalized spacial score (nSPS) is 10.9. The predicted molar refractivity (Wildman–Crippen MR) is 536 cm³/mol. The number of aryl methyl sites for hydroxylation is 8.